The van der Waals surface area contributed by atoms with Crippen molar-refractivity contribution in [2.45, 2.75) is 6.61 Å². The van der Waals surface area contributed by atoms with Gasteiger partial charge in [-0.1, -0.05) is 6.07 Å². The second-order valence-electron chi connectivity index (χ2n) is 3.47. The molecule has 0 spiro atoms. The van der Waals surface area contributed by atoms with Crippen molar-refractivity contribution in [3.05, 3.63) is 34.9 Å². The van der Waals surface area contributed by atoms with Crippen molar-refractivity contribution >= 4 is 12.2 Å². The first kappa shape index (κ1) is 11.7. The first-order valence-electron chi connectivity index (χ1n) is 5.08. The molecule has 0 unspecified atom stereocenters. The van der Waals surface area contributed by atoms with Gasteiger partial charge in [-0.15, -0.1) is 0 Å². The summed E-state index contributed by atoms with van der Waals surface area (Å²) in [5.41, 5.74) is 0. The van der Waals surface area contributed by atoms with Crippen LogP contribution in [0.1, 0.15) is 5.82 Å². The lowest BCUT2D eigenvalue weighted by atomic mass is 10.3. The SMILES string of the molecule is COc1cccc(OCc2n[nH]c(=S)n2C)c1. The van der Waals surface area contributed by atoms with Crippen LogP contribution in [-0.2, 0) is 13.7 Å². The highest BCUT2D eigenvalue weighted by Gasteiger charge is 2.03. The van der Waals surface area contributed by atoms with Crippen LogP contribution in [0.4, 0.5) is 0 Å². The van der Waals surface area contributed by atoms with E-state index in [1.54, 1.807) is 11.7 Å². The normalized spacial score (nSPS) is 10.2. The van der Waals surface area contributed by atoms with E-state index in [1.165, 1.54) is 0 Å². The number of hydrogen-bond acceptors (Lipinski definition) is 4. The predicted molar refractivity (Wildman–Crippen MR) is 65.7 cm³/mol. The molecule has 1 N–H and O–H groups in total. The van der Waals surface area contributed by atoms with Crippen molar-refractivity contribution in [2.75, 3.05) is 7.11 Å². The third kappa shape index (κ3) is 2.65. The summed E-state index contributed by atoms with van der Waals surface area (Å²) < 4.78 is 13.1. The topological polar surface area (TPSA) is 52.1 Å². The van der Waals surface area contributed by atoms with Gasteiger partial charge in [-0.2, -0.15) is 5.10 Å². The Labute approximate surface area is 104 Å². The number of rotatable bonds is 4. The second kappa shape index (κ2) is 5.01. The van der Waals surface area contributed by atoms with Crippen molar-refractivity contribution in [3.63, 3.8) is 0 Å². The van der Waals surface area contributed by atoms with Gasteiger partial charge in [-0.05, 0) is 24.4 Å². The van der Waals surface area contributed by atoms with Crippen molar-refractivity contribution < 1.29 is 9.47 Å². The van der Waals surface area contributed by atoms with Crippen LogP contribution in [0.25, 0.3) is 0 Å². The number of nitrogens with zero attached hydrogens (tertiary/aromatic N) is 2. The molecule has 0 bridgehead atoms. The molecular formula is C11H13N3O2S. The molecule has 17 heavy (non-hydrogen) atoms. The maximum atomic E-state index is 5.60. The van der Waals surface area contributed by atoms with Crippen LogP contribution >= 0.6 is 12.2 Å². The van der Waals surface area contributed by atoms with Gasteiger partial charge in [0.2, 0.25) is 0 Å². The van der Waals surface area contributed by atoms with E-state index in [-0.39, 0.29) is 0 Å². The lowest BCUT2D eigenvalue weighted by molar-refractivity contribution is 0.289. The van der Waals surface area contributed by atoms with Crippen LogP contribution in [0.3, 0.4) is 0 Å². The van der Waals surface area contributed by atoms with Gasteiger partial charge in [0.1, 0.15) is 18.1 Å². The lowest BCUT2D eigenvalue weighted by Crippen LogP contribution is -2.03. The predicted octanol–water partition coefficient (Wildman–Crippen LogP) is 2.07. The molecule has 0 saturated heterocycles. The van der Waals surface area contributed by atoms with Crippen LogP contribution in [0.15, 0.2) is 24.3 Å². The Morgan fingerprint density at radius 3 is 2.82 bits per heavy atom. The van der Waals surface area contributed by atoms with Crippen LogP contribution in [0.2, 0.25) is 0 Å². The minimum atomic E-state index is 0.358. The average Bonchev–Trinajstić information content (AvgIpc) is 2.68. The minimum Gasteiger partial charge on any atom is -0.497 e. The van der Waals surface area contributed by atoms with Crippen LogP contribution in [-0.4, -0.2) is 21.9 Å². The zero-order chi connectivity index (χ0) is 12.3. The Balaban J connectivity index is 2.07. The van der Waals surface area contributed by atoms with Gasteiger partial charge in [0.15, 0.2) is 10.6 Å². The molecule has 0 radical (unpaired) electrons. The summed E-state index contributed by atoms with van der Waals surface area (Å²) in [5, 5.41) is 6.77. The highest BCUT2D eigenvalue weighted by Crippen LogP contribution is 2.19. The Morgan fingerprint density at radius 1 is 1.41 bits per heavy atom. The van der Waals surface area contributed by atoms with E-state index >= 15 is 0 Å². The third-order valence-electron chi connectivity index (χ3n) is 2.38. The van der Waals surface area contributed by atoms with Crippen LogP contribution in [0, 0.1) is 4.77 Å². The summed E-state index contributed by atoms with van der Waals surface area (Å²) in [7, 11) is 3.46. The van der Waals surface area contributed by atoms with Crippen molar-refractivity contribution in [2.24, 2.45) is 7.05 Å². The Bertz CT molecular complexity index is 562. The van der Waals surface area contributed by atoms with Gasteiger partial charge in [0.05, 0.1) is 7.11 Å². The number of benzene rings is 1. The monoisotopic (exact) mass is 251 g/mol. The second-order valence-corrected chi connectivity index (χ2v) is 3.86. The molecule has 6 heteroatoms. The molecule has 90 valence electrons. The van der Waals surface area contributed by atoms with E-state index < -0.39 is 0 Å². The minimum absolute atomic E-state index is 0.358. The van der Waals surface area contributed by atoms with Crippen LogP contribution in [0.5, 0.6) is 11.5 Å². The highest BCUT2D eigenvalue weighted by atomic mass is 32.1. The Hall–Kier alpha value is -1.82. The van der Waals surface area contributed by atoms with Gasteiger partial charge >= 0.3 is 0 Å². The van der Waals surface area contributed by atoms with E-state index in [4.69, 9.17) is 21.7 Å². The molecule has 2 aromatic rings. The number of ether oxygens (including phenoxy) is 2. The summed E-state index contributed by atoms with van der Waals surface area (Å²) in [6, 6.07) is 7.42. The first-order valence-corrected chi connectivity index (χ1v) is 5.48. The molecule has 0 aliphatic carbocycles. The van der Waals surface area contributed by atoms with E-state index in [2.05, 4.69) is 10.2 Å². The molecule has 1 heterocycles. The quantitative estimate of drug-likeness (QED) is 0.845. The first-order chi connectivity index (χ1) is 8.20. The van der Waals surface area contributed by atoms with E-state index in [1.807, 2.05) is 31.3 Å². The smallest absolute Gasteiger partial charge is 0.194 e. The molecular weight excluding hydrogens is 238 g/mol. The zero-order valence-corrected chi connectivity index (χ0v) is 10.5. The molecule has 0 saturated carbocycles. The fourth-order valence-electron chi connectivity index (χ4n) is 1.35. The number of nitrogens with one attached hydrogen (secondary N) is 1. The molecule has 0 fully saturated rings. The molecule has 0 aliphatic heterocycles. The van der Waals surface area contributed by atoms with Crippen LogP contribution < -0.4 is 9.47 Å². The maximum Gasteiger partial charge on any atom is 0.194 e. The average molecular weight is 251 g/mol. The maximum absolute atomic E-state index is 5.60. The third-order valence-corrected chi connectivity index (χ3v) is 2.75. The summed E-state index contributed by atoms with van der Waals surface area (Å²) in [6.45, 7) is 0.358. The molecule has 0 amide bonds. The molecule has 1 aromatic heterocycles. The van der Waals surface area contributed by atoms with Crippen molar-refractivity contribution in [1.82, 2.24) is 14.8 Å². The van der Waals surface area contributed by atoms with E-state index in [9.17, 15) is 0 Å². The van der Waals surface area contributed by atoms with Crippen molar-refractivity contribution in [1.29, 1.82) is 0 Å². The molecule has 1 aromatic carbocycles. The zero-order valence-electron chi connectivity index (χ0n) is 9.64. The van der Waals surface area contributed by atoms with Gasteiger partial charge < -0.3 is 14.0 Å². The van der Waals surface area contributed by atoms with Gasteiger partial charge in [0.25, 0.3) is 0 Å². The molecule has 5 nitrogen and oxygen atoms in total. The number of methoxy groups -OCH3 is 1. The fraction of sp³-hybridized carbons (Fsp3) is 0.273. The summed E-state index contributed by atoms with van der Waals surface area (Å²) in [5.74, 6) is 2.24. The summed E-state index contributed by atoms with van der Waals surface area (Å²) >= 11 is 5.01. The number of H-pyrrole nitrogens is 1. The van der Waals surface area contributed by atoms with Gasteiger partial charge in [-0.3, -0.25) is 5.10 Å². The van der Waals surface area contributed by atoms with Gasteiger partial charge in [-0.25, -0.2) is 0 Å². The highest BCUT2D eigenvalue weighted by molar-refractivity contribution is 7.71. The van der Waals surface area contributed by atoms with E-state index in [0.29, 0.717) is 11.4 Å². The lowest BCUT2D eigenvalue weighted by Gasteiger charge is -2.06. The standard InChI is InChI=1S/C11H13N3O2S/c1-14-10(12-13-11(14)17)7-16-9-5-3-4-8(6-9)15-2/h3-6H,7H2,1-2H3,(H,13,17). The largest absolute Gasteiger partial charge is 0.497 e. The molecule has 0 aliphatic rings. The number of aromatic amines is 1. The Kier molecular flexibility index (Phi) is 3.43. The summed E-state index contributed by atoms with van der Waals surface area (Å²) in [4.78, 5) is 0. The molecule has 2 rings (SSSR count). The summed E-state index contributed by atoms with van der Waals surface area (Å²) in [6.07, 6.45) is 0. The van der Waals surface area contributed by atoms with Gasteiger partial charge in [0, 0.05) is 13.1 Å². The fourth-order valence-corrected chi connectivity index (χ4v) is 1.50. The van der Waals surface area contributed by atoms with E-state index in [0.717, 1.165) is 17.3 Å². The number of hydrogen-bond donors (Lipinski definition) is 1. The Morgan fingerprint density at radius 2 is 2.18 bits per heavy atom. The molecule has 0 atom stereocenters. The number of aromatic nitrogens is 3. The van der Waals surface area contributed by atoms with Crippen molar-refractivity contribution in [3.8, 4) is 11.5 Å².